The van der Waals surface area contributed by atoms with Crippen molar-refractivity contribution in [3.05, 3.63) is 111 Å². The van der Waals surface area contributed by atoms with Crippen molar-refractivity contribution in [2.24, 2.45) is 0 Å². The normalized spacial score (nSPS) is 13.4. The molecule has 44 heavy (non-hydrogen) atoms. The molecule has 0 saturated carbocycles. The minimum Gasteiger partial charge on any atom is -0.507 e. The van der Waals surface area contributed by atoms with Crippen molar-refractivity contribution in [2.75, 3.05) is 30.4 Å². The van der Waals surface area contributed by atoms with Gasteiger partial charge in [-0.05, 0) is 37.0 Å². The number of thioether (sulfide) groups is 1. The summed E-state index contributed by atoms with van der Waals surface area (Å²) in [5.41, 5.74) is 14.6. The van der Waals surface area contributed by atoms with Crippen molar-refractivity contribution in [3.63, 3.8) is 0 Å². The van der Waals surface area contributed by atoms with Gasteiger partial charge in [0, 0.05) is 45.2 Å². The van der Waals surface area contributed by atoms with Crippen LogP contribution in [0.5, 0.6) is 11.5 Å². The molecule has 0 aromatic heterocycles. The van der Waals surface area contributed by atoms with Crippen LogP contribution in [-0.4, -0.2) is 52.3 Å². The van der Waals surface area contributed by atoms with Gasteiger partial charge < -0.3 is 26.4 Å². The molecular formula is C34H28N2O7S. The molecule has 0 bridgehead atoms. The number of phenolic OH excluding ortho intramolecular Hbond substituents is 2. The van der Waals surface area contributed by atoms with E-state index < -0.39 is 17.3 Å². The van der Waals surface area contributed by atoms with Crippen molar-refractivity contribution >= 4 is 46.3 Å². The molecule has 0 amide bonds. The van der Waals surface area contributed by atoms with Crippen LogP contribution >= 0.6 is 11.8 Å². The van der Waals surface area contributed by atoms with Crippen LogP contribution in [0.25, 0.3) is 0 Å². The van der Waals surface area contributed by atoms with E-state index in [-0.39, 0.29) is 73.2 Å². The monoisotopic (exact) mass is 608 g/mol. The molecular weight excluding hydrogens is 580 g/mol. The van der Waals surface area contributed by atoms with Gasteiger partial charge in [-0.3, -0.25) is 19.2 Å². The van der Waals surface area contributed by atoms with Crippen LogP contribution in [0.4, 0.5) is 11.4 Å². The van der Waals surface area contributed by atoms with E-state index in [1.165, 1.54) is 23.9 Å². The maximum Gasteiger partial charge on any atom is 0.198 e. The van der Waals surface area contributed by atoms with Crippen LogP contribution in [0, 0.1) is 0 Å². The zero-order valence-corrected chi connectivity index (χ0v) is 24.3. The predicted octanol–water partition coefficient (Wildman–Crippen LogP) is 4.94. The number of phenols is 2. The molecule has 2 aliphatic rings. The standard InChI is InChI=1S/C34H28N2O7S/c35-29-17(15-22(37)25-27(29)33(41)20-10-3-1-8-18(20)31(25)39)7-5-6-12-43-13-14-44-24-16-23(38)26-28(30(24)36)34(42)21-11-4-2-9-19(21)32(26)40/h1-4,8-11,15-16,37-38H,5-7,12-14,35-36H2. The predicted molar refractivity (Wildman–Crippen MR) is 166 cm³/mol. The smallest absolute Gasteiger partial charge is 0.198 e. The molecule has 222 valence electrons. The van der Waals surface area contributed by atoms with Gasteiger partial charge >= 0.3 is 0 Å². The number of hydrogen-bond acceptors (Lipinski definition) is 10. The first-order valence-electron chi connectivity index (χ1n) is 14.1. The lowest BCUT2D eigenvalue weighted by atomic mass is 9.81. The number of unbranched alkanes of at least 4 members (excludes halogenated alkanes) is 1. The summed E-state index contributed by atoms with van der Waals surface area (Å²) >= 11 is 1.31. The molecule has 0 fully saturated rings. The highest BCUT2D eigenvalue weighted by Crippen LogP contribution is 2.41. The van der Waals surface area contributed by atoms with E-state index in [4.69, 9.17) is 16.2 Å². The Balaban J connectivity index is 1.02. The fraction of sp³-hybridized carbons (Fsp3) is 0.176. The van der Waals surface area contributed by atoms with Gasteiger partial charge in [-0.2, -0.15) is 0 Å². The van der Waals surface area contributed by atoms with Crippen molar-refractivity contribution in [3.8, 4) is 11.5 Å². The third-order valence-electron chi connectivity index (χ3n) is 7.95. The van der Waals surface area contributed by atoms with Crippen molar-refractivity contribution in [1.82, 2.24) is 0 Å². The maximum absolute atomic E-state index is 13.1. The summed E-state index contributed by atoms with van der Waals surface area (Å²) in [5, 5.41) is 21.2. The first kappa shape index (κ1) is 29.2. The summed E-state index contributed by atoms with van der Waals surface area (Å²) in [6.45, 7) is 0.812. The highest BCUT2D eigenvalue weighted by molar-refractivity contribution is 7.99. The van der Waals surface area contributed by atoms with Gasteiger partial charge in [0.2, 0.25) is 0 Å². The van der Waals surface area contributed by atoms with Crippen LogP contribution in [0.2, 0.25) is 0 Å². The summed E-state index contributed by atoms with van der Waals surface area (Å²) in [4.78, 5) is 52.6. The topological polar surface area (TPSA) is 170 Å². The number of ketones is 4. The Morgan fingerprint density at radius 1 is 0.614 bits per heavy atom. The number of hydrogen-bond donors (Lipinski definition) is 4. The number of carbonyl (C=O) groups excluding carboxylic acids is 4. The molecule has 0 radical (unpaired) electrons. The first-order chi connectivity index (χ1) is 21.2. The Bertz CT molecular complexity index is 1760. The second-order valence-corrected chi connectivity index (χ2v) is 11.7. The first-order valence-corrected chi connectivity index (χ1v) is 15.1. The molecule has 0 atom stereocenters. The highest BCUT2D eigenvalue weighted by Gasteiger charge is 2.36. The number of anilines is 2. The zero-order chi connectivity index (χ0) is 31.1. The third kappa shape index (κ3) is 4.82. The quantitative estimate of drug-likeness (QED) is 0.0763. The van der Waals surface area contributed by atoms with Crippen molar-refractivity contribution < 1.29 is 34.1 Å². The largest absolute Gasteiger partial charge is 0.507 e. The Morgan fingerprint density at radius 2 is 1.09 bits per heavy atom. The number of carbonyl (C=O) groups is 4. The van der Waals surface area contributed by atoms with Gasteiger partial charge in [-0.15, -0.1) is 11.8 Å². The summed E-state index contributed by atoms with van der Waals surface area (Å²) < 4.78 is 5.75. The fourth-order valence-corrected chi connectivity index (χ4v) is 6.66. The number of nitrogen functional groups attached to an aromatic ring is 2. The number of nitrogens with two attached hydrogens (primary N) is 2. The van der Waals surface area contributed by atoms with Gasteiger partial charge in [-0.1, -0.05) is 48.5 Å². The van der Waals surface area contributed by atoms with E-state index in [0.717, 1.165) is 0 Å². The molecule has 4 aromatic rings. The Hall–Kier alpha value is -4.93. The average Bonchev–Trinajstić information content (AvgIpc) is 3.02. The van der Waals surface area contributed by atoms with Crippen molar-refractivity contribution in [1.29, 1.82) is 0 Å². The van der Waals surface area contributed by atoms with Gasteiger partial charge in [0.25, 0.3) is 0 Å². The lowest BCUT2D eigenvalue weighted by Gasteiger charge is -2.21. The Labute approximate surface area is 256 Å². The lowest BCUT2D eigenvalue weighted by Crippen LogP contribution is -2.23. The number of aromatic hydroxyl groups is 2. The van der Waals surface area contributed by atoms with Gasteiger partial charge in [0.15, 0.2) is 23.1 Å². The average molecular weight is 609 g/mol. The van der Waals surface area contributed by atoms with Crippen molar-refractivity contribution in [2.45, 2.75) is 24.2 Å². The zero-order valence-electron chi connectivity index (χ0n) is 23.5. The minimum absolute atomic E-state index is 0.0277. The molecule has 0 unspecified atom stereocenters. The molecule has 4 aromatic carbocycles. The van der Waals surface area contributed by atoms with Crippen LogP contribution < -0.4 is 11.5 Å². The van der Waals surface area contributed by atoms with E-state index in [1.807, 2.05) is 0 Å². The van der Waals surface area contributed by atoms with E-state index in [0.29, 0.717) is 48.7 Å². The number of rotatable bonds is 9. The number of benzene rings is 4. The lowest BCUT2D eigenvalue weighted by molar-refractivity contribution is 0.0977. The highest BCUT2D eigenvalue weighted by atomic mass is 32.2. The molecule has 9 nitrogen and oxygen atoms in total. The molecule has 0 heterocycles. The molecule has 10 heteroatoms. The fourth-order valence-electron chi connectivity index (χ4n) is 5.79. The molecule has 6 N–H and O–H groups in total. The number of aryl methyl sites for hydroxylation is 1. The molecule has 0 spiro atoms. The third-order valence-corrected chi connectivity index (χ3v) is 8.97. The molecule has 0 saturated heterocycles. The second-order valence-electron chi connectivity index (χ2n) is 10.6. The summed E-state index contributed by atoms with van der Waals surface area (Å²) in [6, 6.07) is 15.8. The van der Waals surface area contributed by atoms with E-state index >= 15 is 0 Å². The molecule has 6 rings (SSSR count). The number of ether oxygens (including phenoxy) is 1. The molecule has 0 aliphatic heterocycles. The molecule has 2 aliphatic carbocycles. The summed E-state index contributed by atoms with van der Waals surface area (Å²) in [5.74, 6) is -1.67. The Morgan fingerprint density at radius 3 is 1.64 bits per heavy atom. The van der Waals surface area contributed by atoms with E-state index in [1.54, 1.807) is 48.5 Å². The Kier molecular flexibility index (Phi) is 7.71. The van der Waals surface area contributed by atoms with Crippen LogP contribution in [-0.2, 0) is 11.2 Å². The SMILES string of the molecule is Nc1c(CCCCOCCSc2cc(O)c3c(c2N)C(=O)c2ccccc2C3=O)cc(O)c2c1C(=O)c1ccccc1C2=O. The number of fused-ring (bicyclic) bond motifs is 4. The van der Waals surface area contributed by atoms with Gasteiger partial charge in [0.1, 0.15) is 11.5 Å². The van der Waals surface area contributed by atoms with Crippen LogP contribution in [0.15, 0.2) is 65.6 Å². The van der Waals surface area contributed by atoms with Gasteiger partial charge in [0.05, 0.1) is 34.5 Å². The van der Waals surface area contributed by atoms with E-state index in [2.05, 4.69) is 0 Å². The minimum atomic E-state index is -0.433. The maximum atomic E-state index is 13.1. The van der Waals surface area contributed by atoms with Crippen LogP contribution in [0.3, 0.4) is 0 Å². The van der Waals surface area contributed by atoms with E-state index in [9.17, 15) is 29.4 Å². The van der Waals surface area contributed by atoms with Crippen LogP contribution in [0.1, 0.15) is 82.1 Å². The summed E-state index contributed by atoms with van der Waals surface area (Å²) in [6.07, 6.45) is 1.82. The second kappa shape index (κ2) is 11.6. The van der Waals surface area contributed by atoms with Gasteiger partial charge in [-0.25, -0.2) is 0 Å². The summed E-state index contributed by atoms with van der Waals surface area (Å²) in [7, 11) is 0.